The third-order valence-corrected chi connectivity index (χ3v) is 12.6. The third-order valence-electron chi connectivity index (χ3n) is 12.6. The fraction of sp³-hybridized carbons (Fsp3) is 0.327. The van der Waals surface area contributed by atoms with Gasteiger partial charge in [0.1, 0.15) is 11.5 Å². The van der Waals surface area contributed by atoms with E-state index in [-0.39, 0.29) is 5.91 Å². The van der Waals surface area contributed by atoms with Crippen LogP contribution in [0.25, 0.3) is 33.4 Å². The van der Waals surface area contributed by atoms with Crippen molar-refractivity contribution in [3.63, 3.8) is 0 Å². The molecule has 8 aromatic rings. The molecular weight excluding hydrogens is 997 g/mol. The van der Waals surface area contributed by atoms with Crippen LogP contribution in [-0.4, -0.2) is 166 Å². The molecule has 5 N–H and O–H groups in total. The van der Waals surface area contributed by atoms with Crippen molar-refractivity contribution in [2.24, 2.45) is 0 Å². The lowest BCUT2D eigenvalue weighted by molar-refractivity contribution is -0.111. The van der Waals surface area contributed by atoms with Gasteiger partial charge in [0.05, 0.1) is 99.2 Å². The van der Waals surface area contributed by atoms with Gasteiger partial charge in [-0.05, 0) is 72.4 Å². The molecule has 1 amide bonds. The van der Waals surface area contributed by atoms with Gasteiger partial charge >= 0.3 is 0 Å². The smallest absolute Gasteiger partial charge is 0.247 e. The minimum absolute atomic E-state index is 0.317. The first-order valence-electron chi connectivity index (χ1n) is 24.7. The summed E-state index contributed by atoms with van der Waals surface area (Å²) >= 11 is 0. The van der Waals surface area contributed by atoms with E-state index in [1.54, 1.807) is 82.6 Å². The highest BCUT2D eigenvalue weighted by Crippen LogP contribution is 2.40. The van der Waals surface area contributed by atoms with E-state index < -0.39 is 0 Å². The monoisotopic (exact) mass is 1070 g/mol. The van der Waals surface area contributed by atoms with Crippen molar-refractivity contribution in [1.29, 1.82) is 0 Å². The van der Waals surface area contributed by atoms with Crippen molar-refractivity contribution < 1.29 is 33.2 Å². The van der Waals surface area contributed by atoms with Gasteiger partial charge in [0.25, 0.3) is 0 Å². The summed E-state index contributed by atoms with van der Waals surface area (Å²) < 4.78 is 36.8. The Morgan fingerprint density at radius 1 is 0.564 bits per heavy atom. The Bertz CT molecular complexity index is 3410. The van der Waals surface area contributed by atoms with E-state index >= 15 is 0 Å². The zero-order valence-electron chi connectivity index (χ0n) is 46.8. The molecule has 23 nitrogen and oxygen atoms in total. The van der Waals surface area contributed by atoms with Gasteiger partial charge in [0.2, 0.25) is 17.8 Å². The van der Waals surface area contributed by atoms with E-state index in [0.29, 0.717) is 80.8 Å². The molecule has 4 aromatic carbocycles. The molecule has 0 aliphatic rings. The number of amides is 1. The Morgan fingerprint density at radius 3 is 1.40 bits per heavy atom. The van der Waals surface area contributed by atoms with Gasteiger partial charge < -0.3 is 69.7 Å². The summed E-state index contributed by atoms with van der Waals surface area (Å²) in [6, 6.07) is 18.5. The second-order valence-corrected chi connectivity index (χ2v) is 18.5. The van der Waals surface area contributed by atoms with Crippen LogP contribution in [0.5, 0.6) is 34.5 Å². The van der Waals surface area contributed by atoms with Crippen LogP contribution in [0.2, 0.25) is 0 Å². The van der Waals surface area contributed by atoms with Gasteiger partial charge in [0.15, 0.2) is 34.6 Å². The van der Waals surface area contributed by atoms with Crippen molar-refractivity contribution >= 4 is 73.7 Å². The maximum Gasteiger partial charge on any atom is 0.247 e. The molecule has 0 aliphatic heterocycles. The van der Waals surface area contributed by atoms with E-state index in [2.05, 4.69) is 52.1 Å². The van der Waals surface area contributed by atoms with Crippen molar-refractivity contribution in [3.05, 3.63) is 97.1 Å². The van der Waals surface area contributed by atoms with E-state index in [1.807, 2.05) is 98.6 Å². The summed E-state index contributed by atoms with van der Waals surface area (Å²) in [5.41, 5.74) is 13.8. The first kappa shape index (κ1) is 56.6. The first-order chi connectivity index (χ1) is 37.4. The summed E-state index contributed by atoms with van der Waals surface area (Å²) in [7, 11) is 21.7. The van der Waals surface area contributed by atoms with E-state index in [4.69, 9.17) is 54.3 Å². The molecule has 412 valence electrons. The number of ether oxygens (including phenoxy) is 6. The second-order valence-electron chi connectivity index (χ2n) is 18.5. The van der Waals surface area contributed by atoms with Gasteiger partial charge in [-0.1, -0.05) is 6.58 Å². The lowest BCUT2D eigenvalue weighted by Crippen LogP contribution is -2.29. The lowest BCUT2D eigenvalue weighted by Gasteiger charge is -2.26. The van der Waals surface area contributed by atoms with Gasteiger partial charge in [-0.15, -0.1) is 0 Å². The van der Waals surface area contributed by atoms with Crippen molar-refractivity contribution in [3.8, 4) is 46.1 Å². The number of anilines is 8. The normalized spacial score (nSPS) is 11.0. The van der Waals surface area contributed by atoms with Crippen molar-refractivity contribution in [2.45, 2.75) is 13.8 Å². The number of hydrogen-bond acceptors (Lipinski definition) is 20. The fourth-order valence-electron chi connectivity index (χ4n) is 8.39. The molecule has 0 aliphatic carbocycles. The summed E-state index contributed by atoms with van der Waals surface area (Å²) in [6.45, 7) is 10.7. The van der Waals surface area contributed by atoms with Crippen LogP contribution in [0.1, 0.15) is 11.4 Å². The van der Waals surface area contributed by atoms with Crippen LogP contribution in [0.4, 0.5) is 46.0 Å². The van der Waals surface area contributed by atoms with Gasteiger partial charge in [-0.25, -0.2) is 19.3 Å². The fourth-order valence-corrected chi connectivity index (χ4v) is 8.39. The summed E-state index contributed by atoms with van der Waals surface area (Å²) in [4.78, 5) is 38.9. The van der Waals surface area contributed by atoms with Crippen molar-refractivity contribution in [2.75, 3.05) is 143 Å². The minimum atomic E-state index is -0.324. The molecule has 23 heteroatoms. The van der Waals surface area contributed by atoms with E-state index in [1.165, 1.54) is 6.08 Å². The number of likely N-dealkylation sites (N-methyl/N-ethyl adjacent to an activating group) is 4. The Labute approximate surface area is 454 Å². The summed E-state index contributed by atoms with van der Waals surface area (Å²) in [6.07, 6.45) is 4.55. The molecule has 78 heavy (non-hydrogen) atoms. The van der Waals surface area contributed by atoms with Gasteiger partial charge in [0, 0.05) is 99.8 Å². The number of fused-ring (bicyclic) bond motifs is 2. The van der Waals surface area contributed by atoms with Gasteiger partial charge in [-0.3, -0.25) is 4.79 Å². The highest BCUT2D eigenvalue weighted by atomic mass is 16.5. The molecule has 4 aromatic heterocycles. The number of methoxy groups -OCH3 is 6. The number of aromatic nitrogens is 8. The minimum Gasteiger partial charge on any atom is -0.494 e. The molecule has 0 unspecified atom stereocenters. The number of hydrogen-bond donors (Lipinski definition) is 4. The lowest BCUT2D eigenvalue weighted by atomic mass is 10.2. The molecule has 0 atom stereocenters. The maximum atomic E-state index is 12.3. The molecule has 0 fully saturated rings. The zero-order chi connectivity index (χ0) is 56.4. The highest BCUT2D eigenvalue weighted by Gasteiger charge is 2.21. The molecule has 0 spiro atoms. The predicted molar refractivity (Wildman–Crippen MR) is 308 cm³/mol. The van der Waals surface area contributed by atoms with E-state index in [0.717, 1.165) is 70.7 Å². The van der Waals surface area contributed by atoms with Crippen molar-refractivity contribution in [1.82, 2.24) is 49.3 Å². The van der Waals surface area contributed by atoms with Crippen LogP contribution in [0, 0.1) is 13.8 Å². The number of aryl methyl sites for hydroxylation is 2. The quantitative estimate of drug-likeness (QED) is 0.0380. The largest absolute Gasteiger partial charge is 0.494 e. The van der Waals surface area contributed by atoms with Gasteiger partial charge in [-0.2, -0.15) is 20.2 Å². The number of rotatable bonds is 22. The Balaban J connectivity index is 0.000000227. The van der Waals surface area contributed by atoms with E-state index in [9.17, 15) is 4.79 Å². The number of nitrogens with zero attached hydrogens (tertiary/aromatic N) is 12. The molecular formula is C55H70N16O7. The topological polar surface area (TPSA) is 235 Å². The summed E-state index contributed by atoms with van der Waals surface area (Å²) in [5.74, 6) is 5.16. The first-order valence-corrected chi connectivity index (χ1v) is 24.7. The van der Waals surface area contributed by atoms with Crippen LogP contribution in [0.15, 0.2) is 85.7 Å². The average molecular weight is 1070 g/mol. The number of nitrogens with two attached hydrogens (primary N) is 1. The standard InChI is InChI=1S/C29H36N8O4.C26H34N8O3/c1-9-28(38)31-20-15-21(24(39-6)17-23(20)36(5)13-12-35(3)4)32-29-30-11-10-27(33-29)37-22-16-26(41-8)25(40-7)14-19(22)18(2)34-37;1-16-17-12-23(36-6)24(37-7)14-20(17)34(31-16)25-8-9-28-26(30-25)29-19-13-18(27)21(15-22(19)35-5)33(4)11-10-32(2)3/h9-11,14-17H,1,12-13H2,2-8H3,(H,31,38)(H,30,32,33);8-9,12-15H,10-11,27H2,1-7H3,(H,28,29,30). The molecule has 0 saturated carbocycles. The summed E-state index contributed by atoms with van der Waals surface area (Å²) in [5, 5.41) is 20.6. The maximum absolute atomic E-state index is 12.3. The predicted octanol–water partition coefficient (Wildman–Crippen LogP) is 7.49. The number of nitrogens with one attached hydrogen (secondary N) is 3. The molecule has 8 rings (SSSR count). The molecule has 0 bridgehead atoms. The average Bonchev–Trinajstić information content (AvgIpc) is 4.09. The number of nitrogen functional groups attached to an aromatic ring is 1. The molecule has 0 radical (unpaired) electrons. The molecule has 0 saturated heterocycles. The molecule has 4 heterocycles. The van der Waals surface area contributed by atoms with Crippen LogP contribution in [-0.2, 0) is 4.79 Å². The number of carbonyl (C=O) groups is 1. The Morgan fingerprint density at radius 2 is 0.974 bits per heavy atom. The number of carbonyl (C=O) groups excluding carboxylic acids is 1. The Kier molecular flexibility index (Phi) is 18.3. The zero-order valence-corrected chi connectivity index (χ0v) is 46.8. The SMILES string of the molecule is C=CC(=O)Nc1cc(Nc2nccc(-n3nc(C)c4cc(OC)c(OC)cc43)n2)c(OC)cc1N(C)CCN(C)C.COc1cc(N(C)CCN(C)C)c(N)cc1Nc1nccc(-n2nc(C)c3cc(OC)c(OC)cc32)n1. The Hall–Kier alpha value is -9.09. The second kappa shape index (κ2) is 25.2. The van der Waals surface area contributed by atoms with Crippen LogP contribution >= 0.6 is 0 Å². The number of benzene rings is 4. The van der Waals surface area contributed by atoms with Crippen LogP contribution in [0.3, 0.4) is 0 Å². The third kappa shape index (κ3) is 12.8. The highest BCUT2D eigenvalue weighted by molar-refractivity contribution is 6.02. The van der Waals surface area contributed by atoms with Crippen LogP contribution < -0.4 is 59.9 Å².